The van der Waals surface area contributed by atoms with Gasteiger partial charge in [0.15, 0.2) is 9.84 Å². The van der Waals surface area contributed by atoms with Crippen LogP contribution < -0.4 is 0 Å². The maximum atomic E-state index is 13.0. The monoisotopic (exact) mass is 357 g/mol. The van der Waals surface area contributed by atoms with E-state index in [9.17, 15) is 13.2 Å². The van der Waals surface area contributed by atoms with Crippen molar-refractivity contribution in [1.82, 2.24) is 4.90 Å². The lowest BCUT2D eigenvalue weighted by Crippen LogP contribution is -2.45. The molecule has 2 aliphatic heterocycles. The molecule has 0 aromatic carbocycles. The molecule has 0 spiro atoms. The molecule has 2 fully saturated rings. The average molecular weight is 357 g/mol. The molecule has 2 saturated heterocycles. The largest absolute Gasteiger partial charge is 0.376 e. The van der Waals surface area contributed by atoms with E-state index in [1.807, 2.05) is 19.9 Å². The molecule has 2 aliphatic rings. The molecule has 3 rings (SSSR count). The molecule has 0 unspecified atom stereocenters. The highest BCUT2D eigenvalue weighted by Crippen LogP contribution is 2.27. The maximum Gasteiger partial charge on any atom is 0.255 e. The molecule has 7 heteroatoms. The van der Waals surface area contributed by atoms with E-state index in [0.29, 0.717) is 18.5 Å². The number of hydrogen-bond acceptors (Lipinski definition) is 5. The van der Waals surface area contributed by atoms with Gasteiger partial charge in [0.2, 0.25) is 0 Å². The van der Waals surface area contributed by atoms with Gasteiger partial charge >= 0.3 is 0 Å². The molecule has 5 nitrogen and oxygen atoms in total. The van der Waals surface area contributed by atoms with Gasteiger partial charge in [-0.25, -0.2) is 8.42 Å². The van der Waals surface area contributed by atoms with Crippen LogP contribution in [0.25, 0.3) is 0 Å². The van der Waals surface area contributed by atoms with Gasteiger partial charge in [0.25, 0.3) is 5.91 Å². The van der Waals surface area contributed by atoms with Crippen LogP contribution >= 0.6 is 11.3 Å². The summed E-state index contributed by atoms with van der Waals surface area (Å²) in [7, 11) is -3.03. The molecule has 0 bridgehead atoms. The molecule has 23 heavy (non-hydrogen) atoms. The van der Waals surface area contributed by atoms with Gasteiger partial charge in [-0.3, -0.25) is 4.79 Å². The fourth-order valence-corrected chi connectivity index (χ4v) is 6.07. The van der Waals surface area contributed by atoms with Gasteiger partial charge in [0.05, 0.1) is 23.2 Å². The lowest BCUT2D eigenvalue weighted by atomic mass is 10.1. The van der Waals surface area contributed by atoms with Gasteiger partial charge in [0, 0.05) is 28.9 Å². The van der Waals surface area contributed by atoms with Crippen LogP contribution in [0.15, 0.2) is 6.07 Å². The van der Waals surface area contributed by atoms with E-state index in [2.05, 4.69) is 0 Å². The summed E-state index contributed by atoms with van der Waals surface area (Å²) in [5, 5.41) is 0. The SMILES string of the molecule is Cc1cc(C(=O)N(C[C@H]2CCCO2)[C@H]2CCS(=O)(=O)C2)c(C)s1. The van der Waals surface area contributed by atoms with E-state index in [1.54, 1.807) is 16.2 Å². The number of rotatable bonds is 4. The Balaban J connectivity index is 1.84. The van der Waals surface area contributed by atoms with Crippen molar-refractivity contribution < 1.29 is 17.9 Å². The van der Waals surface area contributed by atoms with Crippen LogP contribution in [-0.4, -0.2) is 56.0 Å². The summed E-state index contributed by atoms with van der Waals surface area (Å²) in [6.07, 6.45) is 2.50. The van der Waals surface area contributed by atoms with Crippen molar-refractivity contribution in [2.45, 2.75) is 45.3 Å². The molecule has 1 aromatic rings. The van der Waals surface area contributed by atoms with Crippen molar-refractivity contribution in [3.05, 3.63) is 21.4 Å². The first-order valence-electron chi connectivity index (χ1n) is 8.06. The Hall–Kier alpha value is -0.920. The molecule has 0 saturated carbocycles. The number of hydrogen-bond donors (Lipinski definition) is 0. The molecule has 0 N–H and O–H groups in total. The van der Waals surface area contributed by atoms with E-state index in [1.165, 1.54) is 0 Å². The summed E-state index contributed by atoms with van der Waals surface area (Å²) in [4.78, 5) is 16.9. The minimum absolute atomic E-state index is 0.0299. The van der Waals surface area contributed by atoms with Gasteiger partial charge in [-0.1, -0.05) is 0 Å². The predicted octanol–water partition coefficient (Wildman–Crippen LogP) is 2.17. The molecule has 3 heterocycles. The van der Waals surface area contributed by atoms with Gasteiger partial charge in [-0.2, -0.15) is 0 Å². The number of thiophene rings is 1. The Morgan fingerprint density at radius 2 is 2.17 bits per heavy atom. The standard InChI is InChI=1S/C16H23NO4S2/c1-11-8-15(12(2)22-11)16(18)17(9-14-4-3-6-21-14)13-5-7-23(19,20)10-13/h8,13-14H,3-7,9-10H2,1-2H3/t13-,14+/m0/s1. The Morgan fingerprint density at radius 1 is 1.39 bits per heavy atom. The predicted molar refractivity (Wildman–Crippen MR) is 90.9 cm³/mol. The number of ether oxygens (including phenoxy) is 1. The Morgan fingerprint density at radius 3 is 2.70 bits per heavy atom. The van der Waals surface area contributed by atoms with Gasteiger partial charge in [-0.05, 0) is 39.2 Å². The molecule has 128 valence electrons. The van der Waals surface area contributed by atoms with Gasteiger partial charge in [-0.15, -0.1) is 11.3 Å². The average Bonchev–Trinajstić information content (AvgIpc) is 3.17. The highest BCUT2D eigenvalue weighted by molar-refractivity contribution is 7.91. The molecular formula is C16H23NO4S2. The maximum absolute atomic E-state index is 13.0. The number of aryl methyl sites for hydroxylation is 2. The Bertz CT molecular complexity index is 689. The fourth-order valence-electron chi connectivity index (χ4n) is 3.42. The normalized spacial score (nSPS) is 26.5. The first-order valence-corrected chi connectivity index (χ1v) is 10.7. The highest BCUT2D eigenvalue weighted by atomic mass is 32.2. The van der Waals surface area contributed by atoms with E-state index < -0.39 is 9.84 Å². The van der Waals surface area contributed by atoms with Crippen molar-refractivity contribution in [3.63, 3.8) is 0 Å². The lowest BCUT2D eigenvalue weighted by molar-refractivity contribution is 0.0441. The topological polar surface area (TPSA) is 63.7 Å². The van der Waals surface area contributed by atoms with Crippen LogP contribution in [0.1, 0.15) is 39.4 Å². The minimum atomic E-state index is -3.03. The van der Waals surface area contributed by atoms with Crippen molar-refractivity contribution in [2.24, 2.45) is 0 Å². The second-order valence-electron chi connectivity index (χ2n) is 6.48. The van der Waals surface area contributed by atoms with Gasteiger partial charge in [0.1, 0.15) is 0 Å². The molecule has 1 aromatic heterocycles. The molecular weight excluding hydrogens is 334 g/mol. The summed E-state index contributed by atoms with van der Waals surface area (Å²) in [6.45, 7) is 5.15. The molecule has 0 radical (unpaired) electrons. The third kappa shape index (κ3) is 3.78. The number of carbonyl (C=O) groups is 1. The van der Waals surface area contributed by atoms with E-state index in [0.717, 1.165) is 29.2 Å². The van der Waals surface area contributed by atoms with Crippen LogP contribution in [0.5, 0.6) is 0 Å². The van der Waals surface area contributed by atoms with Crippen LogP contribution in [0.3, 0.4) is 0 Å². The minimum Gasteiger partial charge on any atom is -0.376 e. The zero-order chi connectivity index (χ0) is 16.6. The summed E-state index contributed by atoms with van der Waals surface area (Å²) in [5.74, 6) is 0.201. The Kier molecular flexibility index (Phi) is 4.80. The third-order valence-corrected chi connectivity index (χ3v) is 7.32. The van der Waals surface area contributed by atoms with Crippen molar-refractivity contribution in [2.75, 3.05) is 24.7 Å². The number of carbonyl (C=O) groups excluding carboxylic acids is 1. The van der Waals surface area contributed by atoms with E-state index in [-0.39, 0.29) is 29.6 Å². The smallest absolute Gasteiger partial charge is 0.255 e. The van der Waals surface area contributed by atoms with E-state index >= 15 is 0 Å². The molecule has 2 atom stereocenters. The first kappa shape index (κ1) is 16.9. The number of amides is 1. The molecule has 1 amide bonds. The Labute approximate surface area is 141 Å². The van der Waals surface area contributed by atoms with Gasteiger partial charge < -0.3 is 9.64 Å². The van der Waals surface area contributed by atoms with Crippen molar-refractivity contribution in [3.8, 4) is 0 Å². The lowest BCUT2D eigenvalue weighted by Gasteiger charge is -2.30. The quantitative estimate of drug-likeness (QED) is 0.828. The van der Waals surface area contributed by atoms with Crippen LogP contribution in [0, 0.1) is 13.8 Å². The van der Waals surface area contributed by atoms with E-state index in [4.69, 9.17) is 4.74 Å². The third-order valence-electron chi connectivity index (χ3n) is 4.61. The zero-order valence-electron chi connectivity index (χ0n) is 13.6. The van der Waals surface area contributed by atoms with Crippen molar-refractivity contribution >= 4 is 27.1 Å². The number of nitrogens with zero attached hydrogens (tertiary/aromatic N) is 1. The van der Waals surface area contributed by atoms with Crippen LogP contribution in [0.2, 0.25) is 0 Å². The summed E-state index contributed by atoms with van der Waals surface area (Å²) in [6, 6.07) is 1.69. The second kappa shape index (κ2) is 6.53. The first-order chi connectivity index (χ1) is 10.9. The van der Waals surface area contributed by atoms with Crippen LogP contribution in [0.4, 0.5) is 0 Å². The zero-order valence-corrected chi connectivity index (χ0v) is 15.2. The second-order valence-corrected chi connectivity index (χ2v) is 10.2. The van der Waals surface area contributed by atoms with Crippen LogP contribution in [-0.2, 0) is 14.6 Å². The summed E-state index contributed by atoms with van der Waals surface area (Å²) in [5.41, 5.74) is 0.704. The highest BCUT2D eigenvalue weighted by Gasteiger charge is 2.37. The summed E-state index contributed by atoms with van der Waals surface area (Å²) < 4.78 is 29.4. The number of sulfone groups is 1. The van der Waals surface area contributed by atoms with Crippen molar-refractivity contribution in [1.29, 1.82) is 0 Å². The molecule has 0 aliphatic carbocycles. The fraction of sp³-hybridized carbons (Fsp3) is 0.688. The summed E-state index contributed by atoms with van der Waals surface area (Å²) >= 11 is 1.60.